The van der Waals surface area contributed by atoms with Crippen LogP contribution >= 0.6 is 11.6 Å². The van der Waals surface area contributed by atoms with Crippen molar-refractivity contribution in [3.8, 4) is 0 Å². The number of benzene rings is 1. The number of hydrogen-bond acceptors (Lipinski definition) is 1. The molecule has 1 atom stereocenters. The first kappa shape index (κ1) is 11.2. The van der Waals surface area contributed by atoms with Gasteiger partial charge in [0, 0.05) is 6.20 Å². The molecule has 0 N–H and O–H groups in total. The van der Waals surface area contributed by atoms with Crippen molar-refractivity contribution in [1.82, 2.24) is 9.55 Å². The van der Waals surface area contributed by atoms with E-state index in [-0.39, 0.29) is 6.04 Å². The van der Waals surface area contributed by atoms with Crippen LogP contribution in [0.4, 0.5) is 0 Å². The molecule has 0 aliphatic carbocycles. The van der Waals surface area contributed by atoms with Gasteiger partial charge in [-0.2, -0.15) is 0 Å². The van der Waals surface area contributed by atoms with Gasteiger partial charge in [0.05, 0.1) is 23.9 Å². The van der Waals surface area contributed by atoms with Gasteiger partial charge < -0.3 is 4.57 Å². The van der Waals surface area contributed by atoms with Crippen molar-refractivity contribution in [3.63, 3.8) is 0 Å². The molecule has 1 unspecified atom stereocenters. The van der Waals surface area contributed by atoms with Gasteiger partial charge in [-0.1, -0.05) is 29.8 Å². The van der Waals surface area contributed by atoms with E-state index in [0.717, 1.165) is 5.69 Å². The van der Waals surface area contributed by atoms with Gasteiger partial charge >= 0.3 is 0 Å². The zero-order valence-electron chi connectivity index (χ0n) is 9.52. The lowest BCUT2D eigenvalue weighted by Crippen LogP contribution is -2.08. The minimum atomic E-state index is 0.275. The normalized spacial score (nSPS) is 12.7. The second-order valence-corrected chi connectivity index (χ2v) is 4.28. The first-order chi connectivity index (χ1) is 7.72. The van der Waals surface area contributed by atoms with E-state index in [2.05, 4.69) is 47.7 Å². The summed E-state index contributed by atoms with van der Waals surface area (Å²) in [6.45, 7) is 4.25. The quantitative estimate of drug-likeness (QED) is 0.743. The lowest BCUT2D eigenvalue weighted by molar-refractivity contribution is 0.620. The average Bonchev–Trinajstić information content (AvgIpc) is 2.77. The fourth-order valence-electron chi connectivity index (χ4n) is 1.79. The molecule has 0 aliphatic rings. The fraction of sp³-hybridized carbons (Fsp3) is 0.308. The topological polar surface area (TPSA) is 17.8 Å². The molecule has 0 fully saturated rings. The maximum Gasteiger partial charge on any atom is 0.0954 e. The molecule has 16 heavy (non-hydrogen) atoms. The predicted molar refractivity (Wildman–Crippen MR) is 66.8 cm³/mol. The molecule has 0 aliphatic heterocycles. The third-order valence-electron chi connectivity index (χ3n) is 2.86. The van der Waals surface area contributed by atoms with Crippen LogP contribution in [0.1, 0.15) is 29.8 Å². The van der Waals surface area contributed by atoms with Crippen LogP contribution in [0.15, 0.2) is 36.8 Å². The highest BCUT2D eigenvalue weighted by molar-refractivity contribution is 6.16. The summed E-state index contributed by atoms with van der Waals surface area (Å²) in [6, 6.07) is 8.83. The monoisotopic (exact) mass is 234 g/mol. The average molecular weight is 235 g/mol. The Kier molecular flexibility index (Phi) is 3.30. The number of alkyl halides is 1. The largest absolute Gasteiger partial charge is 0.326 e. The fourth-order valence-corrected chi connectivity index (χ4v) is 2.00. The van der Waals surface area contributed by atoms with Gasteiger partial charge in [0.1, 0.15) is 0 Å². The van der Waals surface area contributed by atoms with E-state index in [9.17, 15) is 0 Å². The number of aromatic nitrogens is 2. The Morgan fingerprint density at radius 3 is 2.62 bits per heavy atom. The van der Waals surface area contributed by atoms with Crippen molar-refractivity contribution in [2.24, 2.45) is 0 Å². The van der Waals surface area contributed by atoms with E-state index in [0.29, 0.717) is 5.88 Å². The molecule has 2 nitrogen and oxygen atoms in total. The van der Waals surface area contributed by atoms with Crippen LogP contribution in [-0.2, 0) is 5.88 Å². The third kappa shape index (κ3) is 2.12. The van der Waals surface area contributed by atoms with Crippen LogP contribution in [-0.4, -0.2) is 9.55 Å². The number of imidazole rings is 1. The van der Waals surface area contributed by atoms with Crippen molar-refractivity contribution in [2.75, 3.05) is 0 Å². The second-order valence-electron chi connectivity index (χ2n) is 4.01. The molecule has 0 radical (unpaired) electrons. The Morgan fingerprint density at radius 2 is 2.00 bits per heavy atom. The lowest BCUT2D eigenvalue weighted by Gasteiger charge is -2.16. The van der Waals surface area contributed by atoms with E-state index >= 15 is 0 Å². The van der Waals surface area contributed by atoms with E-state index < -0.39 is 0 Å². The zero-order chi connectivity index (χ0) is 11.5. The van der Waals surface area contributed by atoms with Gasteiger partial charge in [0.15, 0.2) is 0 Å². The van der Waals surface area contributed by atoms with Crippen LogP contribution in [0.3, 0.4) is 0 Å². The summed E-state index contributed by atoms with van der Waals surface area (Å²) >= 11 is 5.87. The van der Waals surface area contributed by atoms with E-state index in [1.807, 2.05) is 12.5 Å². The molecule has 0 saturated heterocycles. The molecule has 1 aromatic carbocycles. The number of aryl methyl sites for hydroxylation is 1. The summed E-state index contributed by atoms with van der Waals surface area (Å²) in [4.78, 5) is 4.14. The van der Waals surface area contributed by atoms with E-state index in [1.54, 1.807) is 0 Å². The lowest BCUT2D eigenvalue weighted by atomic mass is 10.1. The standard InChI is InChI=1S/C13H15ClN2/c1-10-3-5-12(6-4-10)11(2)16-9-15-8-13(16)7-14/h3-6,8-9,11H,7H2,1-2H3. The molecular weight excluding hydrogens is 220 g/mol. The van der Waals surface area contributed by atoms with Crippen molar-refractivity contribution in [3.05, 3.63) is 53.6 Å². The molecular formula is C13H15ClN2. The molecule has 0 amide bonds. The molecule has 1 heterocycles. The Balaban J connectivity index is 2.31. The Labute approximate surface area is 101 Å². The smallest absolute Gasteiger partial charge is 0.0954 e. The molecule has 1 aromatic heterocycles. The van der Waals surface area contributed by atoms with Gasteiger partial charge in [-0.05, 0) is 19.4 Å². The third-order valence-corrected chi connectivity index (χ3v) is 3.13. The van der Waals surface area contributed by atoms with Crippen LogP contribution < -0.4 is 0 Å². The Morgan fingerprint density at radius 1 is 1.31 bits per heavy atom. The number of nitrogens with zero attached hydrogens (tertiary/aromatic N) is 2. The van der Waals surface area contributed by atoms with Crippen LogP contribution in [0.2, 0.25) is 0 Å². The highest BCUT2D eigenvalue weighted by Crippen LogP contribution is 2.20. The summed E-state index contributed by atoms with van der Waals surface area (Å²) in [5.74, 6) is 0.496. The predicted octanol–water partition coefficient (Wildman–Crippen LogP) is 3.54. The summed E-state index contributed by atoms with van der Waals surface area (Å²) in [5, 5.41) is 0. The van der Waals surface area contributed by atoms with E-state index in [4.69, 9.17) is 11.6 Å². The van der Waals surface area contributed by atoms with Crippen molar-refractivity contribution >= 4 is 11.6 Å². The minimum absolute atomic E-state index is 0.275. The molecule has 0 saturated carbocycles. The van der Waals surface area contributed by atoms with Crippen LogP contribution in [0.5, 0.6) is 0 Å². The summed E-state index contributed by atoms with van der Waals surface area (Å²) in [7, 11) is 0. The number of rotatable bonds is 3. The van der Waals surface area contributed by atoms with Crippen LogP contribution in [0, 0.1) is 6.92 Å². The van der Waals surface area contributed by atoms with Gasteiger partial charge in [-0.25, -0.2) is 4.98 Å². The minimum Gasteiger partial charge on any atom is -0.326 e. The second kappa shape index (κ2) is 4.71. The number of halogens is 1. The van der Waals surface area contributed by atoms with Gasteiger partial charge in [-0.3, -0.25) is 0 Å². The number of hydrogen-bond donors (Lipinski definition) is 0. The SMILES string of the molecule is Cc1ccc(C(C)n2cncc2CCl)cc1. The van der Waals surface area contributed by atoms with Gasteiger partial charge in [0.2, 0.25) is 0 Å². The highest BCUT2D eigenvalue weighted by Gasteiger charge is 2.10. The molecule has 2 rings (SSSR count). The van der Waals surface area contributed by atoms with Crippen LogP contribution in [0.25, 0.3) is 0 Å². The highest BCUT2D eigenvalue weighted by atomic mass is 35.5. The Hall–Kier alpha value is -1.28. The van der Waals surface area contributed by atoms with Crippen molar-refractivity contribution in [2.45, 2.75) is 25.8 Å². The first-order valence-corrected chi connectivity index (χ1v) is 5.89. The van der Waals surface area contributed by atoms with E-state index in [1.165, 1.54) is 11.1 Å². The molecule has 3 heteroatoms. The Bertz CT molecular complexity index is 459. The molecule has 2 aromatic rings. The maximum atomic E-state index is 5.87. The van der Waals surface area contributed by atoms with Crippen molar-refractivity contribution < 1.29 is 0 Å². The summed E-state index contributed by atoms with van der Waals surface area (Å²) < 4.78 is 2.11. The zero-order valence-corrected chi connectivity index (χ0v) is 10.3. The van der Waals surface area contributed by atoms with Gasteiger partial charge in [-0.15, -0.1) is 11.6 Å². The van der Waals surface area contributed by atoms with Crippen molar-refractivity contribution in [1.29, 1.82) is 0 Å². The molecule has 0 spiro atoms. The summed E-state index contributed by atoms with van der Waals surface area (Å²) in [6.07, 6.45) is 3.65. The molecule has 84 valence electrons. The molecule has 0 bridgehead atoms. The summed E-state index contributed by atoms with van der Waals surface area (Å²) in [5.41, 5.74) is 3.60. The van der Waals surface area contributed by atoms with Gasteiger partial charge in [0.25, 0.3) is 0 Å². The first-order valence-electron chi connectivity index (χ1n) is 5.35. The maximum absolute atomic E-state index is 5.87.